The van der Waals surface area contributed by atoms with Gasteiger partial charge in [-0.15, -0.1) is 11.8 Å². The van der Waals surface area contributed by atoms with Gasteiger partial charge in [-0.05, 0) is 24.6 Å². The van der Waals surface area contributed by atoms with Crippen molar-refractivity contribution in [2.45, 2.75) is 24.0 Å². The van der Waals surface area contributed by atoms with E-state index in [9.17, 15) is 13.6 Å². The van der Waals surface area contributed by atoms with Gasteiger partial charge in [0.05, 0.1) is 21.9 Å². The minimum atomic E-state index is -2.95. The molecule has 0 radical (unpaired) electrons. The molecule has 1 aliphatic carbocycles. The van der Waals surface area contributed by atoms with Crippen molar-refractivity contribution in [3.8, 4) is 5.75 Å². The Hall–Kier alpha value is -2.35. The number of nitrogens with one attached hydrogen (secondary N) is 1. The lowest BCUT2D eigenvalue weighted by Gasteiger charge is -2.12. The molecule has 0 saturated heterocycles. The van der Waals surface area contributed by atoms with E-state index in [1.807, 2.05) is 36.4 Å². The van der Waals surface area contributed by atoms with Gasteiger partial charge >= 0.3 is 0 Å². The van der Waals surface area contributed by atoms with E-state index < -0.39 is 5.92 Å². The van der Waals surface area contributed by atoms with Crippen LogP contribution in [0.3, 0.4) is 0 Å². The molecule has 1 saturated carbocycles. The van der Waals surface area contributed by atoms with Crippen LogP contribution in [0.4, 0.5) is 8.78 Å². The number of ether oxygens (including phenoxy) is 1. The highest BCUT2D eigenvalue weighted by Gasteiger charge is 2.61. The van der Waals surface area contributed by atoms with Gasteiger partial charge in [-0.25, -0.2) is 0 Å². The van der Waals surface area contributed by atoms with Gasteiger partial charge in [-0.3, -0.25) is 9.48 Å². The lowest BCUT2D eigenvalue weighted by atomic mass is 10.2. The molecule has 5 nitrogen and oxygen atoms in total. The van der Waals surface area contributed by atoms with E-state index in [2.05, 4.69) is 10.4 Å². The lowest BCUT2D eigenvalue weighted by molar-refractivity contribution is -0.116. The number of aryl methyl sites for hydroxylation is 1. The van der Waals surface area contributed by atoms with E-state index in [0.29, 0.717) is 23.8 Å². The van der Waals surface area contributed by atoms with Crippen molar-refractivity contribution in [1.82, 2.24) is 15.1 Å². The number of hydrogen-bond donors (Lipinski definition) is 1. The summed E-state index contributed by atoms with van der Waals surface area (Å²) in [6.07, 6.45) is 2.74. The molecule has 1 fully saturated rings. The molecule has 2 heterocycles. The molecule has 0 spiro atoms. The zero-order valence-electron chi connectivity index (χ0n) is 15.6. The normalized spacial score (nSPS) is 23.1. The smallest absolute Gasteiger partial charge is 0.286 e. The first-order chi connectivity index (χ1) is 13.3. The molecule has 1 aromatic heterocycles. The van der Waals surface area contributed by atoms with E-state index >= 15 is 0 Å². The fourth-order valence-corrected chi connectivity index (χ4v) is 4.96. The van der Waals surface area contributed by atoms with Crippen molar-refractivity contribution in [3.05, 3.63) is 58.8 Å². The quantitative estimate of drug-likeness (QED) is 0.716. The van der Waals surface area contributed by atoms with Crippen molar-refractivity contribution in [2.24, 2.45) is 13.0 Å². The van der Waals surface area contributed by atoms with Crippen LogP contribution in [0.1, 0.15) is 24.7 Å². The Bertz CT molecular complexity index is 923. The molecule has 148 valence electrons. The number of fused-ring (bicyclic) bond motifs is 1. The molecule has 4 rings (SSSR count). The number of amides is 1. The predicted octanol–water partition coefficient (Wildman–Crippen LogP) is 3.57. The van der Waals surface area contributed by atoms with Crippen molar-refractivity contribution < 1.29 is 18.3 Å². The van der Waals surface area contributed by atoms with Crippen LogP contribution in [0, 0.1) is 5.92 Å². The summed E-state index contributed by atoms with van der Waals surface area (Å²) in [5, 5.41) is 7.15. The van der Waals surface area contributed by atoms with Crippen molar-refractivity contribution >= 4 is 17.7 Å². The molecule has 2 aliphatic rings. The maximum Gasteiger partial charge on any atom is 0.286 e. The molecule has 8 heteroatoms. The number of hydrogen-bond acceptors (Lipinski definition) is 4. The number of alkyl halides is 2. The molecule has 28 heavy (non-hydrogen) atoms. The summed E-state index contributed by atoms with van der Waals surface area (Å²) in [4.78, 5) is 13.0. The molecule has 0 bridgehead atoms. The lowest BCUT2D eigenvalue weighted by Crippen LogP contribution is -2.28. The third kappa shape index (κ3) is 3.53. The monoisotopic (exact) mass is 405 g/mol. The summed E-state index contributed by atoms with van der Waals surface area (Å²) in [7, 11) is 1.53. The molecule has 1 aliphatic heterocycles. The SMILES string of the molecule is Cn1nc(C23CC2C=C(C(=O)NCCOc2ccccc2)S3)cc1C(C)(F)F. The van der Waals surface area contributed by atoms with Gasteiger partial charge in [0, 0.05) is 19.9 Å². The molecular weight excluding hydrogens is 384 g/mol. The number of allylic oxidation sites excluding steroid dienone is 1. The van der Waals surface area contributed by atoms with Crippen molar-refractivity contribution in [2.75, 3.05) is 13.2 Å². The summed E-state index contributed by atoms with van der Waals surface area (Å²) in [5.41, 5.74) is 0.507. The minimum Gasteiger partial charge on any atom is -0.492 e. The maximum atomic E-state index is 13.7. The second kappa shape index (κ2) is 6.92. The molecule has 1 aromatic carbocycles. The summed E-state index contributed by atoms with van der Waals surface area (Å²) in [6, 6.07) is 10.9. The first-order valence-corrected chi connectivity index (χ1v) is 9.91. The number of aromatic nitrogens is 2. The Balaban J connectivity index is 1.33. The molecule has 2 atom stereocenters. The molecule has 1 N–H and O–H groups in total. The van der Waals surface area contributed by atoms with Gasteiger partial charge in [-0.2, -0.15) is 13.9 Å². The van der Waals surface area contributed by atoms with Crippen LogP contribution in [-0.4, -0.2) is 28.8 Å². The number of rotatable bonds is 7. The van der Waals surface area contributed by atoms with Crippen molar-refractivity contribution in [1.29, 1.82) is 0 Å². The van der Waals surface area contributed by atoms with Gasteiger partial charge in [0.1, 0.15) is 18.1 Å². The van der Waals surface area contributed by atoms with Gasteiger partial charge < -0.3 is 10.1 Å². The van der Waals surface area contributed by atoms with Crippen LogP contribution < -0.4 is 10.1 Å². The number of benzene rings is 1. The van der Waals surface area contributed by atoms with Crippen LogP contribution in [0.15, 0.2) is 47.4 Å². The maximum absolute atomic E-state index is 13.7. The van der Waals surface area contributed by atoms with E-state index in [4.69, 9.17) is 4.74 Å². The van der Waals surface area contributed by atoms with Gasteiger partial charge in [-0.1, -0.05) is 24.3 Å². The first kappa shape index (κ1) is 19.0. The highest BCUT2D eigenvalue weighted by atomic mass is 32.2. The summed E-state index contributed by atoms with van der Waals surface area (Å²) in [6.45, 7) is 1.63. The number of para-hydroxylation sites is 1. The Morgan fingerprint density at radius 2 is 2.18 bits per heavy atom. The third-order valence-corrected chi connectivity index (χ3v) is 6.58. The van der Waals surface area contributed by atoms with Crippen LogP contribution in [0.5, 0.6) is 5.75 Å². The number of thioether (sulfide) groups is 1. The highest BCUT2D eigenvalue weighted by molar-refractivity contribution is 8.05. The van der Waals surface area contributed by atoms with Crippen LogP contribution in [0.2, 0.25) is 0 Å². The fourth-order valence-electron chi connectivity index (χ4n) is 3.48. The number of carbonyl (C=O) groups excluding carboxylic acids is 1. The second-order valence-corrected chi connectivity index (χ2v) is 8.55. The van der Waals surface area contributed by atoms with E-state index in [1.54, 1.807) is 0 Å². The highest BCUT2D eigenvalue weighted by Crippen LogP contribution is 2.69. The van der Waals surface area contributed by atoms with Crippen molar-refractivity contribution in [3.63, 3.8) is 0 Å². The topological polar surface area (TPSA) is 56.2 Å². The van der Waals surface area contributed by atoms with E-state index in [0.717, 1.165) is 19.1 Å². The van der Waals surface area contributed by atoms with Gasteiger partial charge in [0.25, 0.3) is 11.8 Å². The first-order valence-electron chi connectivity index (χ1n) is 9.09. The van der Waals surface area contributed by atoms with E-state index in [-0.39, 0.29) is 22.3 Å². The second-order valence-electron chi connectivity index (χ2n) is 7.18. The van der Waals surface area contributed by atoms with Gasteiger partial charge in [0.15, 0.2) is 0 Å². The Morgan fingerprint density at radius 1 is 1.43 bits per heavy atom. The Morgan fingerprint density at radius 3 is 2.86 bits per heavy atom. The minimum absolute atomic E-state index is 0.112. The predicted molar refractivity (Wildman–Crippen MR) is 103 cm³/mol. The van der Waals surface area contributed by atoms with Crippen LogP contribution in [0.25, 0.3) is 0 Å². The number of carbonyl (C=O) groups is 1. The van der Waals surface area contributed by atoms with E-state index in [1.165, 1.54) is 29.6 Å². The van der Waals surface area contributed by atoms with Crippen LogP contribution >= 0.6 is 11.8 Å². The Kier molecular flexibility index (Phi) is 4.69. The zero-order valence-corrected chi connectivity index (χ0v) is 16.4. The average Bonchev–Trinajstić information content (AvgIpc) is 3.00. The summed E-state index contributed by atoms with van der Waals surface area (Å²) >= 11 is 1.42. The molecular formula is C20H21F2N3O2S. The number of nitrogens with zero attached hydrogens (tertiary/aromatic N) is 2. The number of halogens is 2. The standard InChI is InChI=1S/C20H21F2N3O2S/c1-19(21,22)17-11-16(24-25(17)2)20-12-13(20)10-15(28-20)18(26)23-8-9-27-14-6-4-3-5-7-14/h3-7,10-11,13H,8-9,12H2,1-2H3,(H,23,26). The van der Waals surface area contributed by atoms with Gasteiger partial charge in [0.2, 0.25) is 0 Å². The summed E-state index contributed by atoms with van der Waals surface area (Å²) < 4.78 is 33.8. The Labute approximate surface area is 166 Å². The average molecular weight is 405 g/mol. The zero-order chi connectivity index (χ0) is 19.9. The fraction of sp³-hybridized carbons (Fsp3) is 0.400. The van der Waals surface area contributed by atoms with Crippen LogP contribution in [-0.2, 0) is 22.5 Å². The molecule has 1 amide bonds. The largest absolute Gasteiger partial charge is 0.492 e. The molecule has 2 aromatic rings. The summed E-state index contributed by atoms with van der Waals surface area (Å²) in [5.74, 6) is -2.20. The molecule has 2 unspecified atom stereocenters. The third-order valence-electron chi connectivity index (χ3n) is 4.99.